The highest BCUT2D eigenvalue weighted by Crippen LogP contribution is 2.17. The minimum Gasteiger partial charge on any atom is -0.465 e. The van der Waals surface area contributed by atoms with Crippen molar-refractivity contribution >= 4 is 28.6 Å². The summed E-state index contributed by atoms with van der Waals surface area (Å²) in [5.74, 6) is -0.474. The third-order valence-electron chi connectivity index (χ3n) is 2.97. The number of nitrogens with zero attached hydrogens (tertiary/aromatic N) is 2. The third-order valence-corrected chi connectivity index (χ3v) is 3.65. The lowest BCUT2D eigenvalue weighted by Gasteiger charge is -2.13. The molecule has 1 aromatic heterocycles. The molecule has 2 rings (SSSR count). The number of carbonyl (C=O) groups is 1. The van der Waals surface area contributed by atoms with Crippen LogP contribution in [-0.2, 0) is 11.3 Å². The number of methoxy groups -OCH3 is 1. The van der Waals surface area contributed by atoms with E-state index in [0.717, 1.165) is 0 Å². The van der Waals surface area contributed by atoms with Gasteiger partial charge in [0.05, 0.1) is 36.2 Å². The topological polar surface area (TPSA) is 81.4 Å². The lowest BCUT2D eigenvalue weighted by Crippen LogP contribution is -2.27. The lowest BCUT2D eigenvalue weighted by atomic mass is 10.1. The highest BCUT2D eigenvalue weighted by atomic mass is 32.2. The summed E-state index contributed by atoms with van der Waals surface area (Å²) >= 11 is 1.31. The van der Waals surface area contributed by atoms with Gasteiger partial charge < -0.3 is 9.84 Å². The molecule has 112 valence electrons. The normalized spacial score (nSPS) is 12.4. The molecule has 1 aromatic carbocycles. The Labute approximate surface area is 125 Å². The van der Waals surface area contributed by atoms with Crippen molar-refractivity contribution in [1.29, 1.82) is 0 Å². The van der Waals surface area contributed by atoms with E-state index in [1.807, 2.05) is 0 Å². The first kappa shape index (κ1) is 15.5. The van der Waals surface area contributed by atoms with Crippen LogP contribution in [0.3, 0.4) is 0 Å². The van der Waals surface area contributed by atoms with Crippen LogP contribution in [0.1, 0.15) is 17.3 Å². The molecule has 0 fully saturated rings. The Hall–Kier alpha value is -1.86. The van der Waals surface area contributed by atoms with Gasteiger partial charge in [-0.05, 0) is 31.4 Å². The van der Waals surface area contributed by atoms with Crippen LogP contribution in [-0.4, -0.2) is 40.1 Å². The number of thioether (sulfide) groups is 1. The molecular weight excluding hydrogens is 292 g/mol. The molecule has 0 aliphatic heterocycles. The van der Waals surface area contributed by atoms with E-state index in [2.05, 4.69) is 9.72 Å². The maximum absolute atomic E-state index is 12.5. The van der Waals surface area contributed by atoms with E-state index in [9.17, 15) is 14.7 Å². The van der Waals surface area contributed by atoms with E-state index in [1.54, 1.807) is 19.2 Å². The zero-order valence-corrected chi connectivity index (χ0v) is 12.8. The molecule has 0 saturated carbocycles. The minimum atomic E-state index is -0.651. The largest absolute Gasteiger partial charge is 0.465 e. The fourth-order valence-electron chi connectivity index (χ4n) is 2.03. The molecule has 0 bridgehead atoms. The molecule has 0 unspecified atom stereocenters. The molecule has 2 aromatic rings. The number of fused-ring (bicyclic) bond motifs is 1. The lowest BCUT2D eigenvalue weighted by molar-refractivity contribution is 0.0601. The molecule has 1 atom stereocenters. The molecule has 21 heavy (non-hydrogen) atoms. The zero-order chi connectivity index (χ0) is 15.6. The van der Waals surface area contributed by atoms with Crippen molar-refractivity contribution in [2.24, 2.45) is 0 Å². The summed E-state index contributed by atoms with van der Waals surface area (Å²) in [5, 5.41) is 10.4. The van der Waals surface area contributed by atoms with E-state index < -0.39 is 12.1 Å². The number of aliphatic hydroxyl groups is 1. The van der Waals surface area contributed by atoms with Crippen molar-refractivity contribution in [3.05, 3.63) is 34.1 Å². The Balaban J connectivity index is 2.67. The van der Waals surface area contributed by atoms with Crippen LogP contribution in [0, 0.1) is 0 Å². The van der Waals surface area contributed by atoms with Crippen LogP contribution in [0.15, 0.2) is 28.2 Å². The second-order valence-corrected chi connectivity index (χ2v) is 5.36. The number of aromatic nitrogens is 2. The summed E-state index contributed by atoms with van der Waals surface area (Å²) < 4.78 is 6.10. The van der Waals surface area contributed by atoms with Crippen molar-refractivity contribution in [2.75, 3.05) is 13.4 Å². The summed E-state index contributed by atoms with van der Waals surface area (Å²) in [6, 6.07) is 4.62. The van der Waals surface area contributed by atoms with Crippen LogP contribution in [0.25, 0.3) is 10.9 Å². The first-order valence-corrected chi connectivity index (χ1v) is 7.55. The van der Waals surface area contributed by atoms with E-state index in [4.69, 9.17) is 0 Å². The predicted molar refractivity (Wildman–Crippen MR) is 80.8 cm³/mol. The third kappa shape index (κ3) is 3.08. The summed E-state index contributed by atoms with van der Waals surface area (Å²) in [5.41, 5.74) is 0.549. The molecule has 0 radical (unpaired) electrons. The van der Waals surface area contributed by atoms with Gasteiger partial charge in [-0.2, -0.15) is 0 Å². The second-order valence-electron chi connectivity index (χ2n) is 4.59. The second kappa shape index (κ2) is 6.28. The van der Waals surface area contributed by atoms with Gasteiger partial charge in [-0.25, -0.2) is 9.78 Å². The number of ether oxygens (including phenoxy) is 1. The Morgan fingerprint density at radius 1 is 1.52 bits per heavy atom. The number of hydrogen-bond donors (Lipinski definition) is 1. The molecule has 7 heteroatoms. The molecule has 0 saturated heterocycles. The van der Waals surface area contributed by atoms with Gasteiger partial charge in [0.15, 0.2) is 5.16 Å². The highest BCUT2D eigenvalue weighted by molar-refractivity contribution is 7.98. The number of esters is 1. The number of benzene rings is 1. The maximum Gasteiger partial charge on any atom is 0.337 e. The summed E-state index contributed by atoms with van der Waals surface area (Å²) in [7, 11) is 1.30. The van der Waals surface area contributed by atoms with Crippen molar-refractivity contribution in [2.45, 2.75) is 24.7 Å². The number of rotatable bonds is 4. The van der Waals surface area contributed by atoms with Crippen LogP contribution in [0.4, 0.5) is 0 Å². The Bertz CT molecular complexity index is 740. The summed E-state index contributed by atoms with van der Waals surface area (Å²) in [6.45, 7) is 1.79. The standard InChI is InChI=1S/C14H16N2O4S/c1-8(17)7-16-12(18)10-5-4-9(13(19)20-2)6-11(10)15-14(16)21-3/h4-6,8,17H,7H2,1-3H3/t8-/m0/s1. The number of hydrogen-bond acceptors (Lipinski definition) is 6. The monoisotopic (exact) mass is 308 g/mol. The van der Waals surface area contributed by atoms with Crippen LogP contribution in [0.2, 0.25) is 0 Å². The first-order chi connectivity index (χ1) is 9.97. The van der Waals surface area contributed by atoms with E-state index in [1.165, 1.54) is 35.6 Å². The Kier molecular flexibility index (Phi) is 4.64. The van der Waals surface area contributed by atoms with Crippen LogP contribution >= 0.6 is 11.8 Å². The minimum absolute atomic E-state index is 0.177. The average Bonchev–Trinajstić information content (AvgIpc) is 2.48. The molecular formula is C14H16N2O4S. The molecule has 0 spiro atoms. The fourth-order valence-corrected chi connectivity index (χ4v) is 2.59. The van der Waals surface area contributed by atoms with Crippen molar-refractivity contribution < 1.29 is 14.6 Å². The fraction of sp³-hybridized carbons (Fsp3) is 0.357. The molecule has 6 nitrogen and oxygen atoms in total. The van der Waals surface area contributed by atoms with Gasteiger partial charge in [0.2, 0.25) is 0 Å². The van der Waals surface area contributed by atoms with Crippen LogP contribution < -0.4 is 5.56 Å². The molecule has 0 aliphatic carbocycles. The SMILES string of the molecule is COC(=O)c1ccc2c(=O)n(C[C@H](C)O)c(SC)nc2c1. The Morgan fingerprint density at radius 3 is 2.81 bits per heavy atom. The van der Waals surface area contributed by atoms with Gasteiger partial charge in [-0.3, -0.25) is 9.36 Å². The van der Waals surface area contributed by atoms with Crippen LogP contribution in [0.5, 0.6) is 0 Å². The molecule has 1 heterocycles. The summed E-state index contributed by atoms with van der Waals surface area (Å²) in [6.07, 6.45) is 1.15. The van der Waals surface area contributed by atoms with Gasteiger partial charge >= 0.3 is 5.97 Å². The highest BCUT2D eigenvalue weighted by Gasteiger charge is 2.14. The average molecular weight is 308 g/mol. The van der Waals surface area contributed by atoms with E-state index >= 15 is 0 Å². The van der Waals surface area contributed by atoms with Gasteiger partial charge in [0.25, 0.3) is 5.56 Å². The first-order valence-electron chi connectivity index (χ1n) is 6.33. The van der Waals surface area contributed by atoms with Gasteiger partial charge in [0, 0.05) is 0 Å². The van der Waals surface area contributed by atoms with E-state index in [0.29, 0.717) is 21.6 Å². The zero-order valence-electron chi connectivity index (χ0n) is 12.0. The van der Waals surface area contributed by atoms with Gasteiger partial charge in [0.1, 0.15) is 0 Å². The van der Waals surface area contributed by atoms with E-state index in [-0.39, 0.29) is 12.1 Å². The molecule has 0 amide bonds. The number of aliphatic hydroxyl groups excluding tert-OH is 1. The summed E-state index contributed by atoms with van der Waals surface area (Å²) in [4.78, 5) is 28.4. The molecule has 1 N–H and O–H groups in total. The smallest absolute Gasteiger partial charge is 0.337 e. The molecule has 0 aliphatic rings. The Morgan fingerprint density at radius 2 is 2.24 bits per heavy atom. The van der Waals surface area contributed by atoms with Gasteiger partial charge in [-0.1, -0.05) is 11.8 Å². The van der Waals surface area contributed by atoms with Crippen molar-refractivity contribution in [3.8, 4) is 0 Å². The number of carbonyl (C=O) groups excluding carboxylic acids is 1. The predicted octanol–water partition coefficient (Wildman–Crippen LogP) is 1.29. The van der Waals surface area contributed by atoms with Gasteiger partial charge in [-0.15, -0.1) is 0 Å². The maximum atomic E-state index is 12.5. The quantitative estimate of drug-likeness (QED) is 0.521. The van der Waals surface area contributed by atoms with Crippen molar-refractivity contribution in [1.82, 2.24) is 9.55 Å². The van der Waals surface area contributed by atoms with Crippen molar-refractivity contribution in [3.63, 3.8) is 0 Å².